The fourth-order valence-corrected chi connectivity index (χ4v) is 5.25. The predicted molar refractivity (Wildman–Crippen MR) is 134 cm³/mol. The predicted octanol–water partition coefficient (Wildman–Crippen LogP) is 4.47. The summed E-state index contributed by atoms with van der Waals surface area (Å²) in [6.45, 7) is 1.80. The minimum Gasteiger partial charge on any atom is -0.497 e. The Hall–Kier alpha value is -3.81. The van der Waals surface area contributed by atoms with Gasteiger partial charge in [-0.05, 0) is 55.2 Å². The second kappa shape index (κ2) is 10.4. The first-order chi connectivity index (χ1) is 17.4. The number of methoxy groups -OCH3 is 5. The van der Waals surface area contributed by atoms with Crippen molar-refractivity contribution in [3.05, 3.63) is 58.8 Å². The van der Waals surface area contributed by atoms with Gasteiger partial charge in [0.15, 0.2) is 17.3 Å². The molecular weight excluding hydrogens is 462 g/mol. The molecule has 2 aliphatic rings. The second-order valence-electron chi connectivity index (χ2n) is 8.84. The first kappa shape index (κ1) is 25.3. The molecule has 2 aromatic rings. The maximum absolute atomic E-state index is 13.8. The molecule has 1 unspecified atom stereocenters. The number of aliphatic imine (C=N–C) groups is 1. The SMILES string of the molecule is COC(=O)C1C(C)=NC2=C(C(=O)C[C@@H](c3ccc(OC)c(OC)c3)C2)[C@H]1c1cc(OC)ccc1OC. The smallest absolute Gasteiger partial charge is 0.315 e. The van der Waals surface area contributed by atoms with E-state index < -0.39 is 17.8 Å². The Labute approximate surface area is 210 Å². The Morgan fingerprint density at radius 2 is 1.56 bits per heavy atom. The van der Waals surface area contributed by atoms with Crippen molar-refractivity contribution >= 4 is 17.5 Å². The van der Waals surface area contributed by atoms with Crippen LogP contribution in [0.4, 0.5) is 0 Å². The number of esters is 1. The average Bonchev–Trinajstić information content (AvgIpc) is 2.90. The van der Waals surface area contributed by atoms with Crippen molar-refractivity contribution in [2.75, 3.05) is 35.5 Å². The molecule has 0 fully saturated rings. The van der Waals surface area contributed by atoms with Gasteiger partial charge in [0.05, 0.1) is 35.5 Å². The van der Waals surface area contributed by atoms with E-state index in [0.717, 1.165) is 5.56 Å². The van der Waals surface area contributed by atoms with E-state index in [9.17, 15) is 9.59 Å². The van der Waals surface area contributed by atoms with E-state index in [-0.39, 0.29) is 18.1 Å². The van der Waals surface area contributed by atoms with Crippen LogP contribution < -0.4 is 18.9 Å². The van der Waals surface area contributed by atoms with Gasteiger partial charge in [-0.15, -0.1) is 0 Å². The van der Waals surface area contributed by atoms with Crippen molar-refractivity contribution in [1.29, 1.82) is 0 Å². The number of benzene rings is 2. The molecule has 0 radical (unpaired) electrons. The molecule has 0 saturated heterocycles. The van der Waals surface area contributed by atoms with Gasteiger partial charge >= 0.3 is 5.97 Å². The third-order valence-electron chi connectivity index (χ3n) is 6.99. The maximum atomic E-state index is 13.8. The molecule has 4 rings (SSSR count). The number of carbonyl (C=O) groups excluding carboxylic acids is 2. The van der Waals surface area contributed by atoms with E-state index in [4.69, 9.17) is 28.7 Å². The van der Waals surface area contributed by atoms with Crippen molar-refractivity contribution in [3.63, 3.8) is 0 Å². The quantitative estimate of drug-likeness (QED) is 0.526. The van der Waals surface area contributed by atoms with Crippen LogP contribution in [0, 0.1) is 5.92 Å². The summed E-state index contributed by atoms with van der Waals surface area (Å²) in [6, 6.07) is 11.1. The third kappa shape index (κ3) is 4.43. The van der Waals surface area contributed by atoms with Crippen LogP contribution in [0.1, 0.15) is 42.7 Å². The van der Waals surface area contributed by atoms with Gasteiger partial charge in [-0.2, -0.15) is 0 Å². The van der Waals surface area contributed by atoms with Crippen molar-refractivity contribution in [2.45, 2.75) is 31.6 Å². The van der Waals surface area contributed by atoms with Crippen LogP contribution in [0.15, 0.2) is 52.7 Å². The van der Waals surface area contributed by atoms with E-state index in [1.807, 2.05) is 24.3 Å². The van der Waals surface area contributed by atoms with Gasteiger partial charge in [0, 0.05) is 34.9 Å². The number of nitrogens with zero attached hydrogens (tertiary/aromatic N) is 1. The largest absolute Gasteiger partial charge is 0.497 e. The zero-order chi connectivity index (χ0) is 26.0. The summed E-state index contributed by atoms with van der Waals surface area (Å²) in [7, 11) is 7.65. The van der Waals surface area contributed by atoms with Crippen LogP contribution >= 0.6 is 0 Å². The van der Waals surface area contributed by atoms with Crippen LogP contribution in [0.3, 0.4) is 0 Å². The molecule has 0 saturated carbocycles. The van der Waals surface area contributed by atoms with E-state index >= 15 is 0 Å². The topological polar surface area (TPSA) is 92.7 Å². The summed E-state index contributed by atoms with van der Waals surface area (Å²) < 4.78 is 27.1. The van der Waals surface area contributed by atoms with Crippen LogP contribution in [-0.4, -0.2) is 53.0 Å². The Morgan fingerprint density at radius 1 is 0.861 bits per heavy atom. The fraction of sp³-hybridized carbons (Fsp3) is 0.393. The monoisotopic (exact) mass is 493 g/mol. The molecular formula is C28H31NO7. The molecule has 0 aromatic heterocycles. The Morgan fingerprint density at radius 3 is 2.19 bits per heavy atom. The van der Waals surface area contributed by atoms with Gasteiger partial charge in [-0.3, -0.25) is 14.6 Å². The number of ketones is 1. The molecule has 0 amide bonds. The number of hydrogen-bond acceptors (Lipinski definition) is 8. The summed E-state index contributed by atoms with van der Waals surface area (Å²) in [5, 5.41) is 0. The van der Waals surface area contributed by atoms with Crippen LogP contribution in [0.25, 0.3) is 0 Å². The van der Waals surface area contributed by atoms with Gasteiger partial charge in [-0.1, -0.05) is 6.07 Å². The second-order valence-corrected chi connectivity index (χ2v) is 8.84. The highest BCUT2D eigenvalue weighted by atomic mass is 16.5. The summed E-state index contributed by atoms with van der Waals surface area (Å²) in [5.74, 6) is 0.439. The van der Waals surface area contributed by atoms with E-state index in [2.05, 4.69) is 0 Å². The van der Waals surface area contributed by atoms with E-state index in [1.54, 1.807) is 47.5 Å². The highest BCUT2D eigenvalue weighted by Gasteiger charge is 2.45. The number of rotatable bonds is 7. The van der Waals surface area contributed by atoms with Gasteiger partial charge in [0.1, 0.15) is 17.4 Å². The molecule has 1 aliphatic heterocycles. The van der Waals surface area contributed by atoms with Gasteiger partial charge in [0.2, 0.25) is 0 Å². The molecule has 2 aromatic carbocycles. The number of allylic oxidation sites excluding steroid dienone is 2. The minimum absolute atomic E-state index is 0.0592. The Balaban J connectivity index is 1.84. The summed E-state index contributed by atoms with van der Waals surface area (Å²) in [6.07, 6.45) is 0.824. The highest BCUT2D eigenvalue weighted by molar-refractivity contribution is 6.09. The molecule has 0 N–H and O–H groups in total. The van der Waals surface area contributed by atoms with Crippen LogP contribution in [0.2, 0.25) is 0 Å². The summed E-state index contributed by atoms with van der Waals surface area (Å²) in [5.41, 5.74) is 3.45. The van der Waals surface area contributed by atoms with Gasteiger partial charge < -0.3 is 23.7 Å². The first-order valence-corrected chi connectivity index (χ1v) is 11.7. The molecule has 0 spiro atoms. The minimum atomic E-state index is -0.753. The first-order valence-electron chi connectivity index (χ1n) is 11.7. The van der Waals surface area contributed by atoms with E-state index in [1.165, 1.54) is 7.11 Å². The maximum Gasteiger partial charge on any atom is 0.315 e. The Bertz CT molecular complexity index is 1250. The zero-order valence-electron chi connectivity index (χ0n) is 21.4. The Kier molecular flexibility index (Phi) is 7.33. The molecule has 0 bridgehead atoms. The summed E-state index contributed by atoms with van der Waals surface area (Å²) >= 11 is 0. The van der Waals surface area contributed by atoms with Crippen LogP contribution in [-0.2, 0) is 14.3 Å². The number of hydrogen-bond donors (Lipinski definition) is 0. The molecule has 190 valence electrons. The number of Topliss-reactive ketones (excluding diaryl/α,β-unsaturated/α-hetero) is 1. The van der Waals surface area contributed by atoms with Gasteiger partial charge in [0.25, 0.3) is 0 Å². The lowest BCUT2D eigenvalue weighted by Gasteiger charge is -2.37. The van der Waals surface area contributed by atoms with Crippen molar-refractivity contribution in [1.82, 2.24) is 0 Å². The van der Waals surface area contributed by atoms with Crippen molar-refractivity contribution in [3.8, 4) is 23.0 Å². The summed E-state index contributed by atoms with van der Waals surface area (Å²) in [4.78, 5) is 31.5. The molecule has 3 atom stereocenters. The molecule has 1 aliphatic carbocycles. The number of ether oxygens (including phenoxy) is 5. The zero-order valence-corrected chi connectivity index (χ0v) is 21.4. The average molecular weight is 494 g/mol. The normalized spacial score (nSPS) is 21.3. The molecule has 36 heavy (non-hydrogen) atoms. The van der Waals surface area contributed by atoms with E-state index in [0.29, 0.717) is 52.0 Å². The molecule has 8 nitrogen and oxygen atoms in total. The van der Waals surface area contributed by atoms with Gasteiger partial charge in [-0.25, -0.2) is 0 Å². The van der Waals surface area contributed by atoms with Crippen LogP contribution in [0.5, 0.6) is 23.0 Å². The van der Waals surface area contributed by atoms with Crippen molar-refractivity contribution in [2.24, 2.45) is 10.9 Å². The highest BCUT2D eigenvalue weighted by Crippen LogP contribution is 2.49. The number of carbonyl (C=O) groups is 2. The lowest BCUT2D eigenvalue weighted by Crippen LogP contribution is -2.38. The fourth-order valence-electron chi connectivity index (χ4n) is 5.25. The van der Waals surface area contributed by atoms with Crippen molar-refractivity contribution < 1.29 is 33.3 Å². The lowest BCUT2D eigenvalue weighted by atomic mass is 9.69. The third-order valence-corrected chi connectivity index (χ3v) is 6.99. The lowest BCUT2D eigenvalue weighted by molar-refractivity contribution is -0.143. The molecule has 8 heteroatoms. The standard InChI is InChI=1S/C28H31NO7/c1-15-25(28(31)36-6)26(19-14-18(32-2)8-10-22(19)33-3)27-20(29-15)11-17(12-21(27)30)16-7-9-23(34-4)24(13-16)35-5/h7-10,13-14,17,25-26H,11-12H2,1-6H3/t17-,25?,26-/m0/s1. The molecule has 1 heterocycles.